The largest absolute Gasteiger partial charge is 0.364 e. The Morgan fingerprint density at radius 1 is 1.34 bits per heavy atom. The molecule has 2 atom stereocenters. The predicted molar refractivity (Wildman–Crippen MR) is 111 cm³/mol. The summed E-state index contributed by atoms with van der Waals surface area (Å²) in [5, 5.41) is 14.1. The minimum atomic E-state index is -0.391. The summed E-state index contributed by atoms with van der Waals surface area (Å²) in [6.45, 7) is 6.21. The van der Waals surface area contributed by atoms with E-state index in [1.807, 2.05) is 24.3 Å². The van der Waals surface area contributed by atoms with Gasteiger partial charge in [0.1, 0.15) is 5.82 Å². The Morgan fingerprint density at radius 3 is 2.93 bits per heavy atom. The highest BCUT2D eigenvalue weighted by Gasteiger charge is 2.42. The number of carbonyl (C=O) groups excluding carboxylic acids is 1. The van der Waals surface area contributed by atoms with Gasteiger partial charge in [0, 0.05) is 50.2 Å². The number of piperazine rings is 1. The molecule has 0 spiro atoms. The van der Waals surface area contributed by atoms with Crippen molar-refractivity contribution >= 4 is 23.1 Å². The van der Waals surface area contributed by atoms with Crippen LogP contribution in [0.25, 0.3) is 0 Å². The molecular weight excluding hydrogens is 370 g/mol. The maximum Gasteiger partial charge on any atom is 0.269 e. The van der Waals surface area contributed by atoms with Gasteiger partial charge in [-0.15, -0.1) is 6.58 Å². The number of carbonyl (C=O) groups is 1. The highest BCUT2D eigenvalue weighted by molar-refractivity contribution is 5.82. The summed E-state index contributed by atoms with van der Waals surface area (Å²) < 4.78 is 0. The topological polar surface area (TPSA) is 91.6 Å². The van der Waals surface area contributed by atoms with Crippen molar-refractivity contribution in [2.24, 2.45) is 5.92 Å². The van der Waals surface area contributed by atoms with E-state index in [4.69, 9.17) is 0 Å². The number of nitrogens with zero attached hydrogens (tertiary/aromatic N) is 4. The molecular formula is C21H23N5O3. The van der Waals surface area contributed by atoms with Crippen LogP contribution in [0.15, 0.2) is 55.3 Å². The predicted octanol–water partition coefficient (Wildman–Crippen LogP) is 2.16. The third-order valence-electron chi connectivity index (χ3n) is 5.64. The number of nitro benzene ring substituents is 1. The molecule has 1 fully saturated rings. The van der Waals surface area contributed by atoms with E-state index in [-0.39, 0.29) is 23.6 Å². The first kappa shape index (κ1) is 18.9. The van der Waals surface area contributed by atoms with Gasteiger partial charge in [-0.05, 0) is 30.2 Å². The monoisotopic (exact) mass is 393 g/mol. The first-order chi connectivity index (χ1) is 14.1. The molecule has 2 aliphatic rings. The zero-order valence-electron chi connectivity index (χ0n) is 16.0. The van der Waals surface area contributed by atoms with Crippen LogP contribution in [0.2, 0.25) is 0 Å². The lowest BCUT2D eigenvalue weighted by molar-refractivity contribution is -0.384. The van der Waals surface area contributed by atoms with Crippen molar-refractivity contribution in [3.8, 4) is 0 Å². The quantitative estimate of drug-likeness (QED) is 0.476. The number of nitrogens with one attached hydrogen (secondary N) is 1. The van der Waals surface area contributed by atoms with Gasteiger partial charge in [0.05, 0.1) is 16.9 Å². The summed E-state index contributed by atoms with van der Waals surface area (Å²) >= 11 is 0. The average Bonchev–Trinajstić information content (AvgIpc) is 2.76. The van der Waals surface area contributed by atoms with Crippen LogP contribution in [0.1, 0.15) is 5.56 Å². The second-order valence-corrected chi connectivity index (χ2v) is 7.31. The summed E-state index contributed by atoms with van der Waals surface area (Å²) in [6.07, 6.45) is 3.89. The van der Waals surface area contributed by atoms with Crippen LogP contribution in [0.5, 0.6) is 0 Å². The third kappa shape index (κ3) is 3.65. The van der Waals surface area contributed by atoms with E-state index in [1.165, 1.54) is 0 Å². The number of hydrogen-bond donors (Lipinski definition) is 1. The fourth-order valence-corrected chi connectivity index (χ4v) is 4.28. The van der Waals surface area contributed by atoms with Gasteiger partial charge in [0.2, 0.25) is 5.91 Å². The van der Waals surface area contributed by atoms with E-state index in [1.54, 1.807) is 24.4 Å². The second-order valence-electron chi connectivity index (χ2n) is 7.31. The molecule has 1 amide bonds. The fraction of sp³-hybridized carbons (Fsp3) is 0.333. The maximum absolute atomic E-state index is 12.9. The molecule has 8 heteroatoms. The Kier molecular flexibility index (Phi) is 5.16. The lowest BCUT2D eigenvalue weighted by atomic mass is 9.83. The molecule has 29 heavy (non-hydrogen) atoms. The summed E-state index contributed by atoms with van der Waals surface area (Å²) in [5.41, 5.74) is 1.88. The summed E-state index contributed by atoms with van der Waals surface area (Å²) in [6, 6.07) is 10.7. The number of hydrogen-bond acceptors (Lipinski definition) is 6. The van der Waals surface area contributed by atoms with Crippen molar-refractivity contribution in [1.29, 1.82) is 0 Å². The van der Waals surface area contributed by atoms with Crippen LogP contribution < -0.4 is 15.1 Å². The molecule has 2 unspecified atom stereocenters. The second kappa shape index (κ2) is 7.90. The number of rotatable bonds is 5. The minimum Gasteiger partial charge on any atom is -0.364 e. The van der Waals surface area contributed by atoms with E-state index in [0.29, 0.717) is 19.5 Å². The average molecular weight is 393 g/mol. The molecule has 1 saturated heterocycles. The Morgan fingerprint density at radius 2 is 2.21 bits per heavy atom. The Labute approximate surface area is 169 Å². The highest BCUT2D eigenvalue weighted by atomic mass is 16.6. The lowest BCUT2D eigenvalue weighted by Gasteiger charge is -2.49. The summed E-state index contributed by atoms with van der Waals surface area (Å²) in [5.74, 6) is 0.530. The molecule has 0 saturated carbocycles. The molecule has 1 aromatic heterocycles. The van der Waals surface area contributed by atoms with Gasteiger partial charge < -0.3 is 15.1 Å². The van der Waals surface area contributed by atoms with Crippen molar-refractivity contribution in [2.75, 3.05) is 36.0 Å². The van der Waals surface area contributed by atoms with Crippen molar-refractivity contribution in [3.63, 3.8) is 0 Å². The van der Waals surface area contributed by atoms with Gasteiger partial charge in [-0.3, -0.25) is 14.9 Å². The smallest absolute Gasteiger partial charge is 0.269 e. The highest BCUT2D eigenvalue weighted by Crippen LogP contribution is 2.38. The zero-order chi connectivity index (χ0) is 20.4. The van der Waals surface area contributed by atoms with Crippen LogP contribution in [0, 0.1) is 16.0 Å². The van der Waals surface area contributed by atoms with E-state index in [0.717, 1.165) is 30.2 Å². The van der Waals surface area contributed by atoms with Gasteiger partial charge in [0.25, 0.3) is 5.69 Å². The van der Waals surface area contributed by atoms with Crippen molar-refractivity contribution in [1.82, 2.24) is 10.3 Å². The molecule has 0 aliphatic carbocycles. The third-order valence-corrected chi connectivity index (χ3v) is 5.64. The number of benzene rings is 1. The van der Waals surface area contributed by atoms with Crippen LogP contribution in [-0.2, 0) is 11.2 Å². The molecule has 4 rings (SSSR count). The maximum atomic E-state index is 12.9. The normalized spacial score (nSPS) is 20.4. The zero-order valence-corrected chi connectivity index (χ0v) is 16.0. The molecule has 150 valence electrons. The first-order valence-corrected chi connectivity index (χ1v) is 9.67. The molecule has 0 radical (unpaired) electrons. The summed E-state index contributed by atoms with van der Waals surface area (Å²) in [7, 11) is 0. The molecule has 1 aromatic carbocycles. The number of fused-ring (bicyclic) bond motifs is 3. The standard InChI is InChI=1S/C21H23N5O3/c1-2-8-23-21(27)17-13-15-12-16(26(28)29)6-7-18(15)25-11-10-24(14-19(17)25)20-5-3-4-9-22-20/h2-7,9,12,17,19H,1,8,10-11,13-14H2,(H,23,27). The molecule has 8 nitrogen and oxygen atoms in total. The van der Waals surface area contributed by atoms with Crippen LogP contribution in [-0.4, -0.2) is 48.0 Å². The summed E-state index contributed by atoms with van der Waals surface area (Å²) in [4.78, 5) is 32.6. The minimum absolute atomic E-state index is 0.0375. The Bertz CT molecular complexity index is 933. The van der Waals surface area contributed by atoms with Gasteiger partial charge in [-0.25, -0.2) is 4.98 Å². The van der Waals surface area contributed by atoms with E-state index in [2.05, 4.69) is 26.7 Å². The van der Waals surface area contributed by atoms with Crippen molar-refractivity contribution in [2.45, 2.75) is 12.5 Å². The molecule has 0 bridgehead atoms. The van der Waals surface area contributed by atoms with E-state index < -0.39 is 4.92 Å². The van der Waals surface area contributed by atoms with Crippen molar-refractivity contribution in [3.05, 3.63) is 70.9 Å². The van der Waals surface area contributed by atoms with Crippen molar-refractivity contribution < 1.29 is 9.72 Å². The van der Waals surface area contributed by atoms with Crippen LogP contribution in [0.3, 0.4) is 0 Å². The molecule has 2 aromatic rings. The van der Waals surface area contributed by atoms with Gasteiger partial charge in [-0.2, -0.15) is 0 Å². The Hall–Kier alpha value is -3.42. The van der Waals surface area contributed by atoms with Crippen LogP contribution >= 0.6 is 0 Å². The number of anilines is 2. The number of aromatic nitrogens is 1. The number of non-ortho nitro benzene ring substituents is 1. The van der Waals surface area contributed by atoms with Gasteiger partial charge in [0.15, 0.2) is 0 Å². The van der Waals surface area contributed by atoms with Crippen LogP contribution in [0.4, 0.5) is 17.2 Å². The molecule has 3 heterocycles. The van der Waals surface area contributed by atoms with E-state index >= 15 is 0 Å². The Balaban J connectivity index is 1.67. The van der Waals surface area contributed by atoms with Gasteiger partial charge in [-0.1, -0.05) is 12.1 Å². The van der Waals surface area contributed by atoms with E-state index in [9.17, 15) is 14.9 Å². The fourth-order valence-electron chi connectivity index (χ4n) is 4.28. The SMILES string of the molecule is C=CCNC(=O)C1Cc2cc([N+](=O)[O-])ccc2N2CCN(c3ccccn3)CC12. The molecule has 1 N–H and O–H groups in total. The number of nitro groups is 1. The number of pyridine rings is 1. The first-order valence-electron chi connectivity index (χ1n) is 9.67. The number of amides is 1. The molecule has 2 aliphatic heterocycles. The van der Waals surface area contributed by atoms with Gasteiger partial charge >= 0.3 is 0 Å². The lowest BCUT2D eigenvalue weighted by Crippen LogP contribution is -2.61.